The van der Waals surface area contributed by atoms with Gasteiger partial charge in [0.2, 0.25) is 0 Å². The Morgan fingerprint density at radius 3 is 2.80 bits per heavy atom. The van der Waals surface area contributed by atoms with Crippen LogP contribution in [-0.2, 0) is 20.1 Å². The van der Waals surface area contributed by atoms with Crippen molar-refractivity contribution in [1.29, 1.82) is 0 Å². The first-order chi connectivity index (χ1) is 9.52. The van der Waals surface area contributed by atoms with Crippen molar-refractivity contribution in [2.75, 3.05) is 6.54 Å². The molecule has 2 rings (SSSR count). The second-order valence-electron chi connectivity index (χ2n) is 4.56. The molecule has 1 aromatic heterocycles. The topological polar surface area (TPSA) is 53.1 Å². The smallest absolute Gasteiger partial charge is 0.133 e. The molecule has 0 fully saturated rings. The third kappa shape index (κ3) is 3.11. The van der Waals surface area contributed by atoms with E-state index in [0.29, 0.717) is 30.5 Å². The molecule has 2 N–H and O–H groups in total. The summed E-state index contributed by atoms with van der Waals surface area (Å²) in [6, 6.07) is 4.42. The molecular formula is C14H17ClFN3O. The molecule has 0 saturated carbocycles. The van der Waals surface area contributed by atoms with Crippen LogP contribution < -0.4 is 10.5 Å². The van der Waals surface area contributed by atoms with Crippen LogP contribution in [0.1, 0.15) is 16.8 Å². The van der Waals surface area contributed by atoms with Gasteiger partial charge in [0.15, 0.2) is 0 Å². The van der Waals surface area contributed by atoms with Crippen molar-refractivity contribution in [3.05, 3.63) is 46.0 Å². The van der Waals surface area contributed by atoms with E-state index >= 15 is 0 Å². The van der Waals surface area contributed by atoms with Crippen LogP contribution in [0.4, 0.5) is 4.39 Å². The number of rotatable bonds is 5. The van der Waals surface area contributed by atoms with E-state index < -0.39 is 0 Å². The fraction of sp³-hybridized carbons (Fsp3) is 0.357. The molecule has 2 aromatic rings. The number of hydrogen-bond donors (Lipinski definition) is 1. The normalized spacial score (nSPS) is 10.8. The van der Waals surface area contributed by atoms with Crippen molar-refractivity contribution < 1.29 is 9.13 Å². The first-order valence-electron chi connectivity index (χ1n) is 6.32. The van der Waals surface area contributed by atoms with Gasteiger partial charge in [-0.15, -0.1) is 0 Å². The maximum atomic E-state index is 13.2. The quantitative estimate of drug-likeness (QED) is 0.923. The van der Waals surface area contributed by atoms with E-state index in [4.69, 9.17) is 22.1 Å². The third-order valence-corrected chi connectivity index (χ3v) is 3.55. The fourth-order valence-electron chi connectivity index (χ4n) is 2.03. The van der Waals surface area contributed by atoms with Gasteiger partial charge >= 0.3 is 0 Å². The molecule has 0 saturated heterocycles. The number of nitrogens with zero attached hydrogens (tertiary/aromatic N) is 2. The Hall–Kier alpha value is -1.59. The summed E-state index contributed by atoms with van der Waals surface area (Å²) in [7, 11) is 1.77. The predicted octanol–water partition coefficient (Wildman–Crippen LogP) is 2.60. The molecule has 0 aliphatic heterocycles. The molecule has 0 spiro atoms. The highest BCUT2D eigenvalue weighted by atomic mass is 35.5. The van der Waals surface area contributed by atoms with Crippen molar-refractivity contribution in [3.63, 3.8) is 0 Å². The molecule has 0 aliphatic carbocycles. The van der Waals surface area contributed by atoms with Crippen molar-refractivity contribution in [3.8, 4) is 5.75 Å². The highest BCUT2D eigenvalue weighted by Gasteiger charge is 2.13. The van der Waals surface area contributed by atoms with E-state index in [1.54, 1.807) is 17.8 Å². The van der Waals surface area contributed by atoms with Gasteiger partial charge in [-0.3, -0.25) is 4.68 Å². The Bertz CT molecular complexity index is 613. The predicted molar refractivity (Wildman–Crippen MR) is 76.4 cm³/mol. The Morgan fingerprint density at radius 1 is 1.45 bits per heavy atom. The van der Waals surface area contributed by atoms with E-state index in [0.717, 1.165) is 16.8 Å². The Kier molecular flexibility index (Phi) is 4.62. The van der Waals surface area contributed by atoms with Gasteiger partial charge in [0.25, 0.3) is 0 Å². The average molecular weight is 298 g/mol. The minimum Gasteiger partial charge on any atom is -0.488 e. The molecule has 20 heavy (non-hydrogen) atoms. The lowest BCUT2D eigenvalue weighted by molar-refractivity contribution is 0.301. The van der Waals surface area contributed by atoms with E-state index in [2.05, 4.69) is 5.10 Å². The summed E-state index contributed by atoms with van der Waals surface area (Å²) in [4.78, 5) is 0. The molecule has 1 heterocycles. The van der Waals surface area contributed by atoms with Crippen LogP contribution in [0.2, 0.25) is 5.15 Å². The third-order valence-electron chi connectivity index (χ3n) is 3.08. The van der Waals surface area contributed by atoms with Gasteiger partial charge < -0.3 is 10.5 Å². The number of halogens is 2. The monoisotopic (exact) mass is 297 g/mol. The van der Waals surface area contributed by atoms with Crippen LogP contribution in [0.25, 0.3) is 0 Å². The molecule has 0 radical (unpaired) electrons. The zero-order valence-electron chi connectivity index (χ0n) is 11.5. The largest absolute Gasteiger partial charge is 0.488 e. The molecule has 1 aromatic carbocycles. The highest BCUT2D eigenvalue weighted by molar-refractivity contribution is 6.30. The first kappa shape index (κ1) is 14.8. The average Bonchev–Trinajstić information content (AvgIpc) is 2.64. The van der Waals surface area contributed by atoms with Crippen LogP contribution in [0.5, 0.6) is 5.75 Å². The summed E-state index contributed by atoms with van der Waals surface area (Å²) in [5, 5.41) is 4.77. The van der Waals surface area contributed by atoms with Crippen LogP contribution in [-0.4, -0.2) is 16.3 Å². The number of nitrogens with two attached hydrogens (primary N) is 1. The summed E-state index contributed by atoms with van der Waals surface area (Å²) >= 11 is 6.15. The van der Waals surface area contributed by atoms with Gasteiger partial charge in [-0.25, -0.2) is 4.39 Å². The lowest BCUT2D eigenvalue weighted by atomic mass is 10.1. The highest BCUT2D eigenvalue weighted by Crippen LogP contribution is 2.24. The maximum absolute atomic E-state index is 13.2. The van der Waals surface area contributed by atoms with Crippen molar-refractivity contribution in [2.24, 2.45) is 12.8 Å². The Labute approximate surface area is 122 Å². The van der Waals surface area contributed by atoms with Gasteiger partial charge in [0, 0.05) is 12.6 Å². The molecule has 6 heteroatoms. The summed E-state index contributed by atoms with van der Waals surface area (Å²) < 4.78 is 20.6. The second kappa shape index (κ2) is 6.24. The molecule has 4 nitrogen and oxygen atoms in total. The van der Waals surface area contributed by atoms with Crippen LogP contribution >= 0.6 is 11.6 Å². The molecule has 108 valence electrons. The molecule has 0 atom stereocenters. The van der Waals surface area contributed by atoms with Crippen LogP contribution in [0, 0.1) is 12.7 Å². The van der Waals surface area contributed by atoms with Crippen molar-refractivity contribution in [1.82, 2.24) is 9.78 Å². The lowest BCUT2D eigenvalue weighted by Crippen LogP contribution is -2.06. The number of aryl methyl sites for hydroxylation is 2. The van der Waals surface area contributed by atoms with Gasteiger partial charge in [0.05, 0.1) is 5.69 Å². The van der Waals surface area contributed by atoms with Crippen LogP contribution in [0.3, 0.4) is 0 Å². The first-order valence-corrected chi connectivity index (χ1v) is 6.70. The minimum absolute atomic E-state index is 0.293. The molecule has 0 unspecified atom stereocenters. The van der Waals surface area contributed by atoms with E-state index in [9.17, 15) is 4.39 Å². The summed E-state index contributed by atoms with van der Waals surface area (Å²) in [6.07, 6.45) is 0.562. The molecule has 0 aliphatic rings. The maximum Gasteiger partial charge on any atom is 0.133 e. The standard InChI is InChI=1S/C14H17ClFN3O/c1-9-12(14(15)19(2)18-9)8-20-13-4-3-11(16)7-10(13)5-6-17/h3-4,7H,5-6,8,17H2,1-2H3. The summed E-state index contributed by atoms with van der Waals surface area (Å²) in [5.41, 5.74) is 7.93. The van der Waals surface area contributed by atoms with Crippen molar-refractivity contribution in [2.45, 2.75) is 20.0 Å². The number of aromatic nitrogens is 2. The van der Waals surface area contributed by atoms with E-state index in [1.807, 2.05) is 6.92 Å². The molecular weight excluding hydrogens is 281 g/mol. The Morgan fingerprint density at radius 2 is 2.20 bits per heavy atom. The zero-order valence-corrected chi connectivity index (χ0v) is 12.2. The number of benzene rings is 1. The fourth-order valence-corrected chi connectivity index (χ4v) is 2.26. The second-order valence-corrected chi connectivity index (χ2v) is 4.92. The van der Waals surface area contributed by atoms with E-state index in [-0.39, 0.29) is 5.82 Å². The Balaban J connectivity index is 2.18. The molecule has 0 amide bonds. The number of ether oxygens (including phenoxy) is 1. The van der Waals surface area contributed by atoms with Crippen LogP contribution in [0.15, 0.2) is 18.2 Å². The van der Waals surface area contributed by atoms with Gasteiger partial charge in [0.1, 0.15) is 23.3 Å². The summed E-state index contributed by atoms with van der Waals surface area (Å²) in [6.45, 7) is 2.60. The van der Waals surface area contributed by atoms with Crippen molar-refractivity contribution >= 4 is 11.6 Å². The SMILES string of the molecule is Cc1nn(C)c(Cl)c1COc1ccc(F)cc1CCN. The lowest BCUT2D eigenvalue weighted by Gasteiger charge is -2.11. The number of hydrogen-bond acceptors (Lipinski definition) is 3. The van der Waals surface area contributed by atoms with Gasteiger partial charge in [-0.1, -0.05) is 11.6 Å². The van der Waals surface area contributed by atoms with Gasteiger partial charge in [-0.05, 0) is 43.7 Å². The zero-order chi connectivity index (χ0) is 14.7. The molecule has 0 bridgehead atoms. The summed E-state index contributed by atoms with van der Waals surface area (Å²) in [5.74, 6) is 0.326. The van der Waals surface area contributed by atoms with E-state index in [1.165, 1.54) is 12.1 Å². The van der Waals surface area contributed by atoms with Gasteiger partial charge in [-0.2, -0.15) is 5.10 Å². The minimum atomic E-state index is -0.295.